The van der Waals surface area contributed by atoms with Gasteiger partial charge in [0.1, 0.15) is 6.10 Å². The molecule has 0 radical (unpaired) electrons. The van der Waals surface area contributed by atoms with E-state index in [4.69, 9.17) is 32.8 Å². The van der Waals surface area contributed by atoms with Gasteiger partial charge in [0.05, 0.1) is 18.4 Å². The molecule has 0 amide bonds. The van der Waals surface area contributed by atoms with Crippen LogP contribution in [0, 0.1) is 5.92 Å². The normalized spacial score (nSPS) is 17.1. The van der Waals surface area contributed by atoms with E-state index in [9.17, 15) is 5.11 Å². The third-order valence-corrected chi connectivity index (χ3v) is 5.66. The third kappa shape index (κ3) is 7.48. The second-order valence-corrected chi connectivity index (χ2v) is 9.13. The summed E-state index contributed by atoms with van der Waals surface area (Å²) >= 11 is 12.7. The fraction of sp³-hybridized carbons (Fsp3) is 0.458. The molecule has 2 aromatic rings. The number of hydrogen-bond donors (Lipinski definition) is 1. The first-order chi connectivity index (χ1) is 14.9. The third-order valence-electron chi connectivity index (χ3n) is 4.96. The summed E-state index contributed by atoms with van der Waals surface area (Å²) in [6.07, 6.45) is -0.0768. The van der Waals surface area contributed by atoms with E-state index in [0.29, 0.717) is 55.2 Å². The number of nitrogens with zero attached hydrogens (tertiary/aromatic N) is 2. The Morgan fingerprint density at radius 1 is 1.10 bits per heavy atom. The Bertz CT molecular complexity index is 875. The SMILES string of the molecule is CC(C)COC[C@H](O)CN(Cc1ccccc1Cl)C[C@@H]1CC(c2ccccc2Cl)=NO1. The largest absolute Gasteiger partial charge is 0.390 e. The van der Waals surface area contributed by atoms with Gasteiger partial charge in [-0.15, -0.1) is 0 Å². The van der Waals surface area contributed by atoms with E-state index in [1.165, 1.54) is 0 Å². The van der Waals surface area contributed by atoms with E-state index in [0.717, 1.165) is 16.8 Å². The van der Waals surface area contributed by atoms with Crippen LogP contribution in [0.5, 0.6) is 0 Å². The monoisotopic (exact) mass is 464 g/mol. The standard InChI is InChI=1S/C24H30Cl2N2O3/c1-17(2)15-30-16-19(29)13-28(12-18-7-3-5-9-22(18)25)14-20-11-24(27-31-20)21-8-4-6-10-23(21)26/h3-10,17,19-20,29H,11-16H2,1-2H3/t19-,20+/m1/s1. The fourth-order valence-electron chi connectivity index (χ4n) is 3.53. The lowest BCUT2D eigenvalue weighted by Crippen LogP contribution is -2.39. The molecule has 0 bridgehead atoms. The fourth-order valence-corrected chi connectivity index (χ4v) is 3.97. The molecule has 0 fully saturated rings. The van der Waals surface area contributed by atoms with Gasteiger partial charge in [-0.05, 0) is 23.6 Å². The Labute approximate surface area is 194 Å². The summed E-state index contributed by atoms with van der Waals surface area (Å²) in [5, 5.41) is 16.2. The summed E-state index contributed by atoms with van der Waals surface area (Å²) in [6, 6.07) is 15.4. The topological polar surface area (TPSA) is 54.3 Å². The number of benzene rings is 2. The van der Waals surface area contributed by atoms with Crippen molar-refractivity contribution >= 4 is 28.9 Å². The van der Waals surface area contributed by atoms with Gasteiger partial charge in [0, 0.05) is 48.3 Å². The van der Waals surface area contributed by atoms with E-state index < -0.39 is 6.10 Å². The van der Waals surface area contributed by atoms with Gasteiger partial charge in [0.25, 0.3) is 0 Å². The minimum atomic E-state index is -0.605. The van der Waals surface area contributed by atoms with Crippen molar-refractivity contribution in [2.45, 2.75) is 39.0 Å². The van der Waals surface area contributed by atoms with E-state index in [-0.39, 0.29) is 6.10 Å². The maximum Gasteiger partial charge on any atom is 0.145 e. The van der Waals surface area contributed by atoms with Gasteiger partial charge >= 0.3 is 0 Å². The highest BCUT2D eigenvalue weighted by Crippen LogP contribution is 2.24. The second-order valence-electron chi connectivity index (χ2n) is 8.32. The molecule has 1 aliphatic rings. The van der Waals surface area contributed by atoms with Crippen LogP contribution in [0.4, 0.5) is 0 Å². The molecule has 1 N–H and O–H groups in total. The molecule has 2 atom stereocenters. The average molecular weight is 465 g/mol. The highest BCUT2D eigenvalue weighted by Gasteiger charge is 2.27. The van der Waals surface area contributed by atoms with Gasteiger partial charge < -0.3 is 14.7 Å². The summed E-state index contributed by atoms with van der Waals surface area (Å²) in [7, 11) is 0. The number of aliphatic hydroxyl groups is 1. The van der Waals surface area contributed by atoms with Crippen molar-refractivity contribution in [2.24, 2.45) is 11.1 Å². The number of rotatable bonds is 11. The molecule has 0 unspecified atom stereocenters. The molecule has 0 spiro atoms. The lowest BCUT2D eigenvalue weighted by Gasteiger charge is -2.27. The lowest BCUT2D eigenvalue weighted by atomic mass is 10.0. The second kappa shape index (κ2) is 11.8. The molecule has 2 aromatic carbocycles. The summed E-state index contributed by atoms with van der Waals surface area (Å²) in [6.45, 7) is 6.75. The molecule has 7 heteroatoms. The highest BCUT2D eigenvalue weighted by molar-refractivity contribution is 6.34. The maximum atomic E-state index is 10.5. The van der Waals surface area contributed by atoms with Crippen molar-refractivity contribution in [3.63, 3.8) is 0 Å². The molecule has 5 nitrogen and oxygen atoms in total. The molecule has 31 heavy (non-hydrogen) atoms. The minimum absolute atomic E-state index is 0.127. The Balaban J connectivity index is 1.62. The van der Waals surface area contributed by atoms with Crippen LogP contribution >= 0.6 is 23.2 Å². The Morgan fingerprint density at radius 3 is 2.52 bits per heavy atom. The molecule has 0 aliphatic carbocycles. The van der Waals surface area contributed by atoms with Gasteiger partial charge in [-0.1, -0.05) is 78.6 Å². The molecule has 0 saturated carbocycles. The molecule has 1 aliphatic heterocycles. The zero-order valence-electron chi connectivity index (χ0n) is 18.0. The number of ether oxygens (including phenoxy) is 1. The quantitative estimate of drug-likeness (QED) is 0.506. The van der Waals surface area contributed by atoms with Crippen LogP contribution in [-0.2, 0) is 16.1 Å². The van der Waals surface area contributed by atoms with Crippen molar-refractivity contribution in [1.82, 2.24) is 4.90 Å². The van der Waals surface area contributed by atoms with Crippen LogP contribution in [-0.4, -0.2) is 54.2 Å². The summed E-state index contributed by atoms with van der Waals surface area (Å²) in [5.74, 6) is 0.429. The molecular formula is C24H30Cl2N2O3. The van der Waals surface area contributed by atoms with Gasteiger partial charge in [-0.25, -0.2) is 0 Å². The molecule has 0 aromatic heterocycles. The van der Waals surface area contributed by atoms with E-state index >= 15 is 0 Å². The zero-order chi connectivity index (χ0) is 22.2. The number of hydrogen-bond acceptors (Lipinski definition) is 5. The Morgan fingerprint density at radius 2 is 1.81 bits per heavy atom. The van der Waals surface area contributed by atoms with Crippen molar-refractivity contribution in [3.8, 4) is 0 Å². The predicted octanol–water partition coefficient (Wildman–Crippen LogP) is 5.02. The average Bonchev–Trinajstić information content (AvgIpc) is 3.18. The number of oxime groups is 1. The first kappa shape index (κ1) is 24.0. The molecule has 0 saturated heterocycles. The van der Waals surface area contributed by atoms with Gasteiger partial charge in [0.2, 0.25) is 0 Å². The van der Waals surface area contributed by atoms with Crippen LogP contribution in [0.15, 0.2) is 53.7 Å². The van der Waals surface area contributed by atoms with Crippen molar-refractivity contribution in [3.05, 3.63) is 69.7 Å². The van der Waals surface area contributed by atoms with Gasteiger partial charge in [-0.3, -0.25) is 4.90 Å². The predicted molar refractivity (Wildman–Crippen MR) is 126 cm³/mol. The first-order valence-corrected chi connectivity index (χ1v) is 11.4. The molecule has 1 heterocycles. The van der Waals surface area contributed by atoms with Crippen molar-refractivity contribution in [1.29, 1.82) is 0 Å². The Kier molecular flexibility index (Phi) is 9.17. The molecule has 3 rings (SSSR count). The first-order valence-electron chi connectivity index (χ1n) is 10.6. The van der Waals surface area contributed by atoms with E-state index in [1.54, 1.807) is 0 Å². The summed E-state index contributed by atoms with van der Waals surface area (Å²) in [5.41, 5.74) is 2.74. The van der Waals surface area contributed by atoms with Crippen LogP contribution in [0.25, 0.3) is 0 Å². The molecule has 168 valence electrons. The number of halogens is 2. The summed E-state index contributed by atoms with van der Waals surface area (Å²) in [4.78, 5) is 7.85. The smallest absolute Gasteiger partial charge is 0.145 e. The van der Waals surface area contributed by atoms with Gasteiger partial charge in [-0.2, -0.15) is 0 Å². The number of aliphatic hydroxyl groups excluding tert-OH is 1. The molecular weight excluding hydrogens is 435 g/mol. The summed E-state index contributed by atoms with van der Waals surface area (Å²) < 4.78 is 5.62. The van der Waals surface area contributed by atoms with Crippen LogP contribution in [0.2, 0.25) is 10.0 Å². The highest BCUT2D eigenvalue weighted by atomic mass is 35.5. The van der Waals surface area contributed by atoms with Crippen LogP contribution in [0.1, 0.15) is 31.4 Å². The Hall–Kier alpha value is -1.63. The zero-order valence-corrected chi connectivity index (χ0v) is 19.5. The lowest BCUT2D eigenvalue weighted by molar-refractivity contribution is -0.00733. The van der Waals surface area contributed by atoms with Crippen LogP contribution in [0.3, 0.4) is 0 Å². The maximum absolute atomic E-state index is 10.5. The van der Waals surface area contributed by atoms with E-state index in [2.05, 4.69) is 23.9 Å². The minimum Gasteiger partial charge on any atom is -0.390 e. The van der Waals surface area contributed by atoms with Crippen molar-refractivity contribution < 1.29 is 14.7 Å². The van der Waals surface area contributed by atoms with E-state index in [1.807, 2.05) is 48.5 Å². The van der Waals surface area contributed by atoms with Gasteiger partial charge in [0.15, 0.2) is 0 Å². The van der Waals surface area contributed by atoms with Crippen LogP contribution < -0.4 is 0 Å². The van der Waals surface area contributed by atoms with Crippen molar-refractivity contribution in [2.75, 3.05) is 26.3 Å².